The summed E-state index contributed by atoms with van der Waals surface area (Å²) in [6, 6.07) is 6.71. The molecule has 0 atom stereocenters. The maximum absolute atomic E-state index is 12.5. The number of nitrogens with zero attached hydrogens (tertiary/aromatic N) is 1. The summed E-state index contributed by atoms with van der Waals surface area (Å²) in [6.45, 7) is 1.83. The van der Waals surface area contributed by atoms with Gasteiger partial charge in [-0.05, 0) is 42.1 Å². The molecule has 2 aromatic heterocycles. The SMILES string of the molecule is COc1ccc(NC(=O)c2c(O)c3c(C)csc3n(C)c2=O)cc1. The number of aromatic hydroxyl groups is 1. The fourth-order valence-corrected chi connectivity index (χ4v) is 3.55. The number of carbonyl (C=O) groups is 1. The van der Waals surface area contributed by atoms with Crippen LogP contribution < -0.4 is 15.6 Å². The van der Waals surface area contributed by atoms with Gasteiger partial charge in [0.05, 0.1) is 12.5 Å². The van der Waals surface area contributed by atoms with Crippen molar-refractivity contribution < 1.29 is 14.6 Å². The number of carbonyl (C=O) groups excluding carboxylic acids is 1. The van der Waals surface area contributed by atoms with Gasteiger partial charge in [-0.1, -0.05) is 0 Å². The lowest BCUT2D eigenvalue weighted by atomic mass is 10.1. The van der Waals surface area contributed by atoms with E-state index < -0.39 is 11.5 Å². The second-order valence-electron chi connectivity index (χ2n) is 5.37. The Morgan fingerprint density at radius 2 is 1.96 bits per heavy atom. The number of nitrogens with one attached hydrogen (secondary N) is 1. The van der Waals surface area contributed by atoms with Crippen LogP contribution in [0.5, 0.6) is 11.5 Å². The van der Waals surface area contributed by atoms with Crippen molar-refractivity contribution in [1.29, 1.82) is 0 Å². The Kier molecular flexibility index (Phi) is 4.02. The van der Waals surface area contributed by atoms with E-state index in [1.165, 1.54) is 15.9 Å². The molecule has 2 heterocycles. The minimum atomic E-state index is -0.647. The third-order valence-corrected chi connectivity index (χ3v) is 5.00. The Hall–Kier alpha value is -2.80. The fraction of sp³-hybridized carbons (Fsp3) is 0.176. The highest BCUT2D eigenvalue weighted by Crippen LogP contribution is 2.33. The Labute approximate surface area is 141 Å². The Morgan fingerprint density at radius 3 is 2.58 bits per heavy atom. The summed E-state index contributed by atoms with van der Waals surface area (Å²) in [5, 5.41) is 15.5. The second-order valence-corrected chi connectivity index (χ2v) is 6.23. The lowest BCUT2D eigenvalue weighted by Gasteiger charge is -2.10. The highest BCUT2D eigenvalue weighted by molar-refractivity contribution is 7.17. The van der Waals surface area contributed by atoms with Crippen molar-refractivity contribution in [1.82, 2.24) is 4.57 Å². The first-order chi connectivity index (χ1) is 11.4. The molecule has 0 saturated heterocycles. The van der Waals surface area contributed by atoms with Crippen molar-refractivity contribution in [3.05, 3.63) is 51.1 Å². The average Bonchev–Trinajstić information content (AvgIpc) is 2.96. The fourth-order valence-electron chi connectivity index (χ4n) is 2.52. The van der Waals surface area contributed by atoms with Gasteiger partial charge in [0.2, 0.25) is 0 Å². The summed E-state index contributed by atoms with van der Waals surface area (Å²) in [7, 11) is 3.14. The summed E-state index contributed by atoms with van der Waals surface area (Å²) >= 11 is 1.35. The van der Waals surface area contributed by atoms with Gasteiger partial charge in [-0.3, -0.25) is 9.59 Å². The van der Waals surface area contributed by atoms with Crippen molar-refractivity contribution in [2.75, 3.05) is 12.4 Å². The van der Waals surface area contributed by atoms with Gasteiger partial charge in [-0.2, -0.15) is 0 Å². The maximum Gasteiger partial charge on any atom is 0.268 e. The normalized spacial score (nSPS) is 10.8. The summed E-state index contributed by atoms with van der Waals surface area (Å²) in [5.74, 6) is -0.272. The molecule has 7 heteroatoms. The number of pyridine rings is 1. The van der Waals surface area contributed by atoms with Crippen LogP contribution >= 0.6 is 11.3 Å². The van der Waals surface area contributed by atoms with Gasteiger partial charge in [0, 0.05) is 12.7 Å². The Morgan fingerprint density at radius 1 is 1.29 bits per heavy atom. The van der Waals surface area contributed by atoms with E-state index in [9.17, 15) is 14.7 Å². The molecule has 3 aromatic rings. The van der Waals surface area contributed by atoms with E-state index in [2.05, 4.69) is 5.32 Å². The van der Waals surface area contributed by atoms with E-state index in [0.29, 0.717) is 21.7 Å². The Balaban J connectivity index is 2.06. The number of aryl methyl sites for hydroxylation is 2. The number of hydrogen-bond donors (Lipinski definition) is 2. The average molecular weight is 344 g/mol. The largest absolute Gasteiger partial charge is 0.506 e. The van der Waals surface area contributed by atoms with Crippen LogP contribution in [0.4, 0.5) is 5.69 Å². The molecular weight excluding hydrogens is 328 g/mol. The zero-order valence-corrected chi connectivity index (χ0v) is 14.2. The molecule has 124 valence electrons. The molecule has 1 aromatic carbocycles. The number of ether oxygens (including phenoxy) is 1. The monoisotopic (exact) mass is 344 g/mol. The second kappa shape index (κ2) is 6.01. The van der Waals surface area contributed by atoms with Crippen LogP contribution in [-0.4, -0.2) is 22.7 Å². The summed E-state index contributed by atoms with van der Waals surface area (Å²) in [5.41, 5.74) is 0.529. The van der Waals surface area contributed by atoms with Crippen molar-refractivity contribution in [2.24, 2.45) is 7.05 Å². The lowest BCUT2D eigenvalue weighted by molar-refractivity contribution is 0.102. The molecule has 0 bridgehead atoms. The van der Waals surface area contributed by atoms with Crippen molar-refractivity contribution in [3.63, 3.8) is 0 Å². The van der Waals surface area contributed by atoms with Gasteiger partial charge in [0.15, 0.2) is 0 Å². The van der Waals surface area contributed by atoms with Crippen LogP contribution in [0.15, 0.2) is 34.4 Å². The molecule has 0 unspecified atom stereocenters. The number of rotatable bonds is 3. The standard InChI is InChI=1S/C17H16N2O4S/c1-9-8-24-17-12(9)14(20)13(16(22)19(17)2)15(21)18-10-4-6-11(23-3)7-5-10/h4-8,20H,1-3H3,(H,18,21). The molecule has 0 radical (unpaired) electrons. The number of amides is 1. The van der Waals surface area contributed by atoms with E-state index in [1.54, 1.807) is 38.4 Å². The van der Waals surface area contributed by atoms with Crippen LogP contribution in [-0.2, 0) is 7.05 Å². The van der Waals surface area contributed by atoms with Crippen molar-refractivity contribution >= 4 is 33.1 Å². The number of methoxy groups -OCH3 is 1. The number of hydrogen-bond acceptors (Lipinski definition) is 5. The molecule has 0 aliphatic rings. The summed E-state index contributed by atoms with van der Waals surface area (Å²) in [6.07, 6.45) is 0. The van der Waals surface area contributed by atoms with E-state index in [-0.39, 0.29) is 11.3 Å². The highest BCUT2D eigenvalue weighted by atomic mass is 32.1. The summed E-state index contributed by atoms with van der Waals surface area (Å²) in [4.78, 5) is 25.6. The maximum atomic E-state index is 12.5. The number of anilines is 1. The zero-order chi connectivity index (χ0) is 17.4. The van der Waals surface area contributed by atoms with Crippen LogP contribution in [0.25, 0.3) is 10.2 Å². The van der Waals surface area contributed by atoms with Gasteiger partial charge in [-0.15, -0.1) is 11.3 Å². The van der Waals surface area contributed by atoms with Crippen molar-refractivity contribution in [2.45, 2.75) is 6.92 Å². The minimum absolute atomic E-state index is 0.262. The minimum Gasteiger partial charge on any atom is -0.506 e. The van der Waals surface area contributed by atoms with E-state index >= 15 is 0 Å². The molecule has 0 fully saturated rings. The molecular formula is C17H16N2O4S. The number of thiophene rings is 1. The third kappa shape index (κ3) is 2.52. The summed E-state index contributed by atoms with van der Waals surface area (Å²) < 4.78 is 6.44. The smallest absolute Gasteiger partial charge is 0.268 e. The molecule has 1 amide bonds. The molecule has 3 rings (SSSR count). The molecule has 0 aliphatic carbocycles. The Bertz CT molecular complexity index is 986. The van der Waals surface area contributed by atoms with E-state index in [1.807, 2.05) is 12.3 Å². The number of benzene rings is 1. The molecule has 24 heavy (non-hydrogen) atoms. The van der Waals surface area contributed by atoms with Crippen LogP contribution in [0, 0.1) is 6.92 Å². The molecule has 6 nitrogen and oxygen atoms in total. The van der Waals surface area contributed by atoms with Gasteiger partial charge >= 0.3 is 0 Å². The first-order valence-corrected chi connectivity index (χ1v) is 8.07. The lowest BCUT2D eigenvalue weighted by Crippen LogP contribution is -2.27. The predicted octanol–water partition coefficient (Wildman–Crippen LogP) is 2.87. The van der Waals surface area contributed by atoms with Crippen LogP contribution in [0.3, 0.4) is 0 Å². The highest BCUT2D eigenvalue weighted by Gasteiger charge is 2.23. The van der Waals surface area contributed by atoms with Gasteiger partial charge < -0.3 is 19.7 Å². The van der Waals surface area contributed by atoms with E-state index in [4.69, 9.17) is 4.74 Å². The van der Waals surface area contributed by atoms with Crippen LogP contribution in [0.1, 0.15) is 15.9 Å². The van der Waals surface area contributed by atoms with Crippen molar-refractivity contribution in [3.8, 4) is 11.5 Å². The van der Waals surface area contributed by atoms with E-state index in [0.717, 1.165) is 5.56 Å². The number of fused-ring (bicyclic) bond motifs is 1. The zero-order valence-electron chi connectivity index (χ0n) is 13.4. The third-order valence-electron chi connectivity index (χ3n) is 3.83. The molecule has 0 aliphatic heterocycles. The quantitative estimate of drug-likeness (QED) is 0.765. The first-order valence-electron chi connectivity index (χ1n) is 7.19. The van der Waals surface area contributed by atoms with Gasteiger partial charge in [-0.25, -0.2) is 0 Å². The predicted molar refractivity (Wildman–Crippen MR) is 94.4 cm³/mol. The molecule has 0 saturated carbocycles. The molecule has 2 N–H and O–H groups in total. The van der Waals surface area contributed by atoms with Gasteiger partial charge in [0.1, 0.15) is 21.9 Å². The van der Waals surface area contributed by atoms with Crippen LogP contribution in [0.2, 0.25) is 0 Å². The number of aromatic nitrogens is 1. The first kappa shape index (κ1) is 16.1. The van der Waals surface area contributed by atoms with Gasteiger partial charge in [0.25, 0.3) is 11.5 Å². The molecule has 0 spiro atoms. The topological polar surface area (TPSA) is 80.6 Å².